The van der Waals surface area contributed by atoms with Crippen LogP contribution in [0.4, 0.5) is 0 Å². The van der Waals surface area contributed by atoms with Crippen molar-refractivity contribution < 1.29 is 28.9 Å². The lowest BCUT2D eigenvalue weighted by molar-refractivity contribution is -0.150. The molecule has 0 aromatic heterocycles. The molecule has 0 spiro atoms. The first-order chi connectivity index (χ1) is 12.1. The van der Waals surface area contributed by atoms with E-state index in [9.17, 15) is 9.59 Å². The van der Waals surface area contributed by atoms with Crippen molar-refractivity contribution in [3.8, 4) is 11.5 Å². The number of nitrogens with zero attached hydrogens (tertiary/aromatic N) is 1. The lowest BCUT2D eigenvalue weighted by atomic mass is 9.94. The zero-order chi connectivity index (χ0) is 17.8. The van der Waals surface area contributed by atoms with Gasteiger partial charge in [-0.25, -0.2) is 0 Å². The quantitative estimate of drug-likeness (QED) is 0.863. The van der Waals surface area contributed by atoms with Crippen LogP contribution in [0, 0.1) is 5.92 Å². The van der Waals surface area contributed by atoms with E-state index < -0.39 is 12.1 Å². The maximum Gasteiger partial charge on any atom is 0.306 e. The molecule has 7 nitrogen and oxygen atoms in total. The first-order valence-electron chi connectivity index (χ1n) is 8.58. The second kappa shape index (κ2) is 7.74. The van der Waals surface area contributed by atoms with E-state index >= 15 is 0 Å². The van der Waals surface area contributed by atoms with Crippen molar-refractivity contribution in [2.24, 2.45) is 5.92 Å². The second-order valence-electron chi connectivity index (χ2n) is 6.26. The lowest BCUT2D eigenvalue weighted by Gasteiger charge is -2.36. The highest BCUT2D eigenvalue weighted by Crippen LogP contribution is 2.36. The Hall–Kier alpha value is -2.28. The summed E-state index contributed by atoms with van der Waals surface area (Å²) in [4.78, 5) is 25.4. The SMILES string of the molecule is CCOc1cccc2c1OCC(C(=O)N1CCOC(CC(=O)O)C1)C2. The van der Waals surface area contributed by atoms with Gasteiger partial charge in [0.1, 0.15) is 6.61 Å². The topological polar surface area (TPSA) is 85.3 Å². The predicted molar refractivity (Wildman–Crippen MR) is 88.9 cm³/mol. The molecule has 1 aromatic carbocycles. The molecule has 1 saturated heterocycles. The number of amides is 1. The van der Waals surface area contributed by atoms with E-state index in [-0.39, 0.29) is 18.2 Å². The summed E-state index contributed by atoms with van der Waals surface area (Å²) < 4.78 is 16.8. The van der Waals surface area contributed by atoms with Crippen molar-refractivity contribution in [2.75, 3.05) is 32.9 Å². The Morgan fingerprint density at radius 2 is 2.24 bits per heavy atom. The third-order valence-electron chi connectivity index (χ3n) is 4.46. The van der Waals surface area contributed by atoms with Crippen LogP contribution >= 0.6 is 0 Å². The second-order valence-corrected chi connectivity index (χ2v) is 6.26. The van der Waals surface area contributed by atoms with Gasteiger partial charge in [-0.2, -0.15) is 0 Å². The molecular formula is C18H23NO6. The van der Waals surface area contributed by atoms with Crippen LogP contribution in [0.3, 0.4) is 0 Å². The monoisotopic (exact) mass is 349 g/mol. The largest absolute Gasteiger partial charge is 0.490 e. The molecule has 0 saturated carbocycles. The number of rotatable bonds is 5. The van der Waals surface area contributed by atoms with E-state index in [2.05, 4.69) is 0 Å². The third kappa shape index (κ3) is 4.04. The zero-order valence-corrected chi connectivity index (χ0v) is 14.3. The molecule has 136 valence electrons. The van der Waals surface area contributed by atoms with Crippen molar-refractivity contribution in [2.45, 2.75) is 25.9 Å². The fourth-order valence-corrected chi connectivity index (χ4v) is 3.32. The maximum atomic E-state index is 12.8. The Morgan fingerprint density at radius 1 is 1.40 bits per heavy atom. The smallest absolute Gasteiger partial charge is 0.306 e. The van der Waals surface area contributed by atoms with Gasteiger partial charge in [0.05, 0.1) is 31.7 Å². The summed E-state index contributed by atoms with van der Waals surface area (Å²) in [5.74, 6) is 0.231. The van der Waals surface area contributed by atoms with Crippen LogP contribution in [0.15, 0.2) is 18.2 Å². The van der Waals surface area contributed by atoms with Gasteiger partial charge in [-0.15, -0.1) is 0 Å². The molecular weight excluding hydrogens is 326 g/mol. The van der Waals surface area contributed by atoms with Gasteiger partial charge in [-0.1, -0.05) is 12.1 Å². The molecule has 2 aliphatic heterocycles. The Balaban J connectivity index is 1.66. The van der Waals surface area contributed by atoms with Gasteiger partial charge in [0.2, 0.25) is 5.91 Å². The fraction of sp³-hybridized carbons (Fsp3) is 0.556. The lowest BCUT2D eigenvalue weighted by Crippen LogP contribution is -2.50. The van der Waals surface area contributed by atoms with Crippen molar-refractivity contribution >= 4 is 11.9 Å². The van der Waals surface area contributed by atoms with Gasteiger partial charge < -0.3 is 24.2 Å². The third-order valence-corrected chi connectivity index (χ3v) is 4.46. The van der Waals surface area contributed by atoms with E-state index in [1.807, 2.05) is 25.1 Å². The highest BCUT2D eigenvalue weighted by Gasteiger charge is 2.33. The summed E-state index contributed by atoms with van der Waals surface area (Å²) in [5.41, 5.74) is 0.964. The number of morpholine rings is 1. The molecule has 3 rings (SSSR count). The minimum absolute atomic E-state index is 0.00819. The van der Waals surface area contributed by atoms with E-state index in [4.69, 9.17) is 19.3 Å². The summed E-state index contributed by atoms with van der Waals surface area (Å²) in [6.45, 7) is 3.94. The van der Waals surface area contributed by atoms with Gasteiger partial charge >= 0.3 is 5.97 Å². The van der Waals surface area contributed by atoms with Gasteiger partial charge in [0.15, 0.2) is 11.5 Å². The highest BCUT2D eigenvalue weighted by atomic mass is 16.5. The van der Waals surface area contributed by atoms with Gasteiger partial charge in [-0.3, -0.25) is 9.59 Å². The van der Waals surface area contributed by atoms with E-state index in [0.29, 0.717) is 45.1 Å². The molecule has 0 aliphatic carbocycles. The van der Waals surface area contributed by atoms with Gasteiger partial charge in [-0.05, 0) is 25.0 Å². The molecule has 25 heavy (non-hydrogen) atoms. The average molecular weight is 349 g/mol. The number of hydrogen-bond donors (Lipinski definition) is 1. The molecule has 0 bridgehead atoms. The fourth-order valence-electron chi connectivity index (χ4n) is 3.32. The molecule has 0 radical (unpaired) electrons. The van der Waals surface area contributed by atoms with E-state index in [0.717, 1.165) is 11.3 Å². The van der Waals surface area contributed by atoms with Gasteiger partial charge in [0.25, 0.3) is 0 Å². The standard InChI is InChI=1S/C18H23NO6/c1-2-23-15-5-3-4-12-8-13(11-25-17(12)15)18(22)19-6-7-24-14(10-19)9-16(20)21/h3-5,13-14H,2,6-11H2,1H3,(H,20,21). The zero-order valence-electron chi connectivity index (χ0n) is 14.3. The van der Waals surface area contributed by atoms with Crippen molar-refractivity contribution in [1.29, 1.82) is 0 Å². The first-order valence-corrected chi connectivity index (χ1v) is 8.58. The Kier molecular flexibility index (Phi) is 5.43. The highest BCUT2D eigenvalue weighted by molar-refractivity contribution is 5.80. The van der Waals surface area contributed by atoms with Crippen molar-refractivity contribution in [1.82, 2.24) is 4.90 Å². The number of ether oxygens (including phenoxy) is 3. The normalized spacial score (nSPS) is 22.7. The van der Waals surface area contributed by atoms with Crippen LogP contribution in [-0.2, 0) is 20.7 Å². The summed E-state index contributed by atoms with van der Waals surface area (Å²) in [5, 5.41) is 8.90. The summed E-state index contributed by atoms with van der Waals surface area (Å²) in [6.07, 6.45) is 0.0539. The number of para-hydroxylation sites is 1. The summed E-state index contributed by atoms with van der Waals surface area (Å²) in [7, 11) is 0. The molecule has 2 heterocycles. The molecule has 1 N–H and O–H groups in total. The number of carboxylic acid groups (broad SMARTS) is 1. The van der Waals surface area contributed by atoms with E-state index in [1.54, 1.807) is 4.90 Å². The Labute approximate surface area is 146 Å². The molecule has 2 atom stereocenters. The van der Waals surface area contributed by atoms with Crippen LogP contribution in [-0.4, -0.2) is 60.9 Å². The van der Waals surface area contributed by atoms with Crippen LogP contribution < -0.4 is 9.47 Å². The van der Waals surface area contributed by atoms with Crippen LogP contribution in [0.25, 0.3) is 0 Å². The maximum absolute atomic E-state index is 12.8. The number of hydrogen-bond acceptors (Lipinski definition) is 5. The summed E-state index contributed by atoms with van der Waals surface area (Å²) in [6, 6.07) is 5.71. The minimum Gasteiger partial charge on any atom is -0.490 e. The number of carbonyl (C=O) groups excluding carboxylic acids is 1. The Morgan fingerprint density at radius 3 is 3.00 bits per heavy atom. The molecule has 1 amide bonds. The number of benzene rings is 1. The minimum atomic E-state index is -0.919. The predicted octanol–water partition coefficient (Wildman–Crippen LogP) is 1.34. The van der Waals surface area contributed by atoms with Crippen LogP contribution in [0.1, 0.15) is 18.9 Å². The van der Waals surface area contributed by atoms with Crippen LogP contribution in [0.5, 0.6) is 11.5 Å². The number of fused-ring (bicyclic) bond motifs is 1. The molecule has 2 unspecified atom stereocenters. The molecule has 1 aromatic rings. The molecule has 1 fully saturated rings. The number of carboxylic acids is 1. The first kappa shape index (κ1) is 17.5. The number of carbonyl (C=O) groups is 2. The summed E-state index contributed by atoms with van der Waals surface area (Å²) >= 11 is 0. The Bertz CT molecular complexity index is 646. The number of aliphatic carboxylic acids is 1. The van der Waals surface area contributed by atoms with Crippen molar-refractivity contribution in [3.63, 3.8) is 0 Å². The van der Waals surface area contributed by atoms with Crippen molar-refractivity contribution in [3.05, 3.63) is 23.8 Å². The molecule has 2 aliphatic rings. The van der Waals surface area contributed by atoms with E-state index in [1.165, 1.54) is 0 Å². The van der Waals surface area contributed by atoms with Gasteiger partial charge in [0, 0.05) is 13.1 Å². The average Bonchev–Trinajstić information content (AvgIpc) is 2.61. The van der Waals surface area contributed by atoms with Crippen LogP contribution in [0.2, 0.25) is 0 Å². The molecule has 7 heteroatoms.